The standard InChI is InChI=1S/C6H7N3O4S/c1-3(6(10)11)14-4-2-7-8-5(4)9(12)13/h2-3H,1H3,(H,7,8)(H,10,11). The van der Waals surface area contributed by atoms with E-state index in [0.717, 1.165) is 11.8 Å². The van der Waals surface area contributed by atoms with E-state index in [2.05, 4.69) is 10.2 Å². The quantitative estimate of drug-likeness (QED) is 0.440. The molecule has 7 nitrogen and oxygen atoms in total. The lowest BCUT2D eigenvalue weighted by Crippen LogP contribution is -2.11. The Labute approximate surface area is 82.7 Å². The number of H-pyrrole nitrogens is 1. The molecule has 1 aromatic rings. The fraction of sp³-hybridized carbons (Fsp3) is 0.333. The van der Waals surface area contributed by atoms with Gasteiger partial charge in [-0.05, 0) is 11.8 Å². The summed E-state index contributed by atoms with van der Waals surface area (Å²) < 4.78 is 0. The number of rotatable bonds is 4. The summed E-state index contributed by atoms with van der Waals surface area (Å²) in [5.74, 6) is -1.30. The van der Waals surface area contributed by atoms with Gasteiger partial charge in [-0.3, -0.25) is 4.79 Å². The van der Waals surface area contributed by atoms with Crippen LogP contribution in [0, 0.1) is 10.1 Å². The average Bonchev–Trinajstić information content (AvgIpc) is 2.52. The summed E-state index contributed by atoms with van der Waals surface area (Å²) in [5.41, 5.74) is 0. The Hall–Kier alpha value is -1.57. The van der Waals surface area contributed by atoms with Crippen LogP contribution in [0.1, 0.15) is 6.92 Å². The Morgan fingerprint density at radius 2 is 2.50 bits per heavy atom. The van der Waals surface area contributed by atoms with Crippen LogP contribution in [0.25, 0.3) is 0 Å². The first kappa shape index (κ1) is 10.5. The lowest BCUT2D eigenvalue weighted by Gasteiger charge is -2.02. The van der Waals surface area contributed by atoms with Gasteiger partial charge in [0, 0.05) is 0 Å². The van der Waals surface area contributed by atoms with Gasteiger partial charge in [0.05, 0.1) is 6.20 Å². The Morgan fingerprint density at radius 1 is 1.86 bits per heavy atom. The summed E-state index contributed by atoms with van der Waals surface area (Å²) in [5, 5.41) is 23.9. The SMILES string of the molecule is CC(Sc1cn[nH]c1[N+](=O)[O-])C(=O)O. The van der Waals surface area contributed by atoms with E-state index in [0.29, 0.717) is 0 Å². The lowest BCUT2D eigenvalue weighted by molar-refractivity contribution is -0.392. The molecule has 0 aromatic carbocycles. The van der Waals surface area contributed by atoms with Gasteiger partial charge < -0.3 is 15.2 Å². The van der Waals surface area contributed by atoms with Gasteiger partial charge in [-0.15, -0.1) is 16.9 Å². The van der Waals surface area contributed by atoms with Crippen molar-refractivity contribution in [2.24, 2.45) is 0 Å². The maximum atomic E-state index is 10.5. The molecule has 0 fully saturated rings. The average molecular weight is 217 g/mol. The third-order valence-electron chi connectivity index (χ3n) is 1.42. The smallest absolute Gasteiger partial charge is 0.356 e. The van der Waals surface area contributed by atoms with E-state index < -0.39 is 16.1 Å². The number of carboxylic acid groups (broad SMARTS) is 1. The maximum absolute atomic E-state index is 10.5. The number of hydrogen-bond donors (Lipinski definition) is 2. The normalized spacial score (nSPS) is 12.4. The van der Waals surface area contributed by atoms with E-state index in [-0.39, 0.29) is 10.7 Å². The van der Waals surface area contributed by atoms with Gasteiger partial charge in [-0.25, -0.2) is 0 Å². The van der Waals surface area contributed by atoms with Crippen LogP contribution in [0.5, 0.6) is 0 Å². The highest BCUT2D eigenvalue weighted by Crippen LogP contribution is 2.29. The van der Waals surface area contributed by atoms with E-state index in [1.807, 2.05) is 0 Å². The van der Waals surface area contributed by atoms with E-state index in [1.54, 1.807) is 0 Å². The second-order valence-corrected chi connectivity index (χ2v) is 3.82. The second kappa shape index (κ2) is 4.09. The van der Waals surface area contributed by atoms with Crippen molar-refractivity contribution in [1.82, 2.24) is 10.2 Å². The van der Waals surface area contributed by atoms with Crippen LogP contribution >= 0.6 is 11.8 Å². The number of carbonyl (C=O) groups is 1. The van der Waals surface area contributed by atoms with E-state index in [4.69, 9.17) is 5.11 Å². The monoisotopic (exact) mass is 217 g/mol. The molecule has 14 heavy (non-hydrogen) atoms. The Balaban J connectivity index is 2.81. The zero-order valence-electron chi connectivity index (χ0n) is 7.13. The van der Waals surface area contributed by atoms with Gasteiger partial charge >= 0.3 is 11.8 Å². The molecular weight excluding hydrogens is 210 g/mol. The van der Waals surface area contributed by atoms with Crippen LogP contribution < -0.4 is 0 Å². The van der Waals surface area contributed by atoms with Crippen LogP contribution in [0.15, 0.2) is 11.1 Å². The zero-order chi connectivity index (χ0) is 10.7. The molecule has 0 spiro atoms. The van der Waals surface area contributed by atoms with Crippen molar-refractivity contribution in [2.75, 3.05) is 0 Å². The van der Waals surface area contributed by atoms with E-state index in [1.165, 1.54) is 13.1 Å². The molecule has 0 bridgehead atoms. The molecule has 1 unspecified atom stereocenters. The maximum Gasteiger partial charge on any atom is 0.356 e. The van der Waals surface area contributed by atoms with Crippen molar-refractivity contribution < 1.29 is 14.8 Å². The number of thioether (sulfide) groups is 1. The van der Waals surface area contributed by atoms with Crippen LogP contribution in [0.2, 0.25) is 0 Å². The molecule has 1 aromatic heterocycles. The van der Waals surface area contributed by atoms with Crippen LogP contribution in [-0.4, -0.2) is 31.4 Å². The van der Waals surface area contributed by atoms with Gasteiger partial charge in [-0.1, -0.05) is 5.10 Å². The summed E-state index contributed by atoms with van der Waals surface area (Å²) >= 11 is 0.878. The van der Waals surface area contributed by atoms with E-state index >= 15 is 0 Å². The van der Waals surface area contributed by atoms with Crippen LogP contribution in [0.4, 0.5) is 5.82 Å². The summed E-state index contributed by atoms with van der Waals surface area (Å²) in [7, 11) is 0. The predicted molar refractivity (Wildman–Crippen MR) is 48.2 cm³/mol. The molecule has 8 heteroatoms. The molecule has 0 radical (unpaired) electrons. The molecule has 1 atom stereocenters. The number of carboxylic acids is 1. The molecule has 1 heterocycles. The molecule has 0 aliphatic heterocycles. The molecule has 76 valence electrons. The van der Waals surface area contributed by atoms with Crippen molar-refractivity contribution in [2.45, 2.75) is 17.1 Å². The van der Waals surface area contributed by atoms with Crippen molar-refractivity contribution in [3.05, 3.63) is 16.3 Å². The highest BCUT2D eigenvalue weighted by Gasteiger charge is 2.21. The molecular formula is C6H7N3O4S. The van der Waals surface area contributed by atoms with Crippen LogP contribution in [-0.2, 0) is 4.79 Å². The van der Waals surface area contributed by atoms with Crippen molar-refractivity contribution in [3.8, 4) is 0 Å². The summed E-state index contributed by atoms with van der Waals surface area (Å²) in [6, 6.07) is 0. The third kappa shape index (κ3) is 2.22. The lowest BCUT2D eigenvalue weighted by atomic mass is 10.5. The van der Waals surface area contributed by atoms with Crippen molar-refractivity contribution >= 4 is 23.5 Å². The first-order valence-electron chi connectivity index (χ1n) is 3.59. The molecule has 2 N–H and O–H groups in total. The van der Waals surface area contributed by atoms with Gasteiger partial charge in [-0.2, -0.15) is 0 Å². The van der Waals surface area contributed by atoms with Crippen LogP contribution in [0.3, 0.4) is 0 Å². The minimum Gasteiger partial charge on any atom is -0.480 e. The summed E-state index contributed by atoms with van der Waals surface area (Å²) in [6.07, 6.45) is 1.24. The molecule has 1 rings (SSSR count). The number of aromatic amines is 1. The number of aliphatic carboxylic acids is 1. The topological polar surface area (TPSA) is 109 Å². The fourth-order valence-electron chi connectivity index (χ4n) is 0.726. The minimum absolute atomic E-state index is 0.227. The van der Waals surface area contributed by atoms with Crippen molar-refractivity contribution in [1.29, 1.82) is 0 Å². The number of hydrogen-bond acceptors (Lipinski definition) is 5. The predicted octanol–water partition coefficient (Wildman–Crippen LogP) is 0.883. The zero-order valence-corrected chi connectivity index (χ0v) is 7.95. The first-order valence-corrected chi connectivity index (χ1v) is 4.47. The number of nitrogens with one attached hydrogen (secondary N) is 1. The van der Waals surface area contributed by atoms with Gasteiger partial charge in [0.1, 0.15) is 10.1 Å². The molecule has 0 saturated carbocycles. The number of aromatic nitrogens is 2. The molecule has 0 amide bonds. The van der Waals surface area contributed by atoms with Gasteiger partial charge in [0.2, 0.25) is 0 Å². The highest BCUT2D eigenvalue weighted by molar-refractivity contribution is 8.00. The molecule has 0 aliphatic rings. The number of nitrogens with zero attached hydrogens (tertiary/aromatic N) is 2. The van der Waals surface area contributed by atoms with Gasteiger partial charge in [0.25, 0.3) is 0 Å². The highest BCUT2D eigenvalue weighted by atomic mass is 32.2. The fourth-order valence-corrected chi connectivity index (χ4v) is 1.55. The minimum atomic E-state index is -1.02. The summed E-state index contributed by atoms with van der Waals surface area (Å²) in [6.45, 7) is 1.45. The largest absolute Gasteiger partial charge is 0.480 e. The third-order valence-corrected chi connectivity index (χ3v) is 2.53. The Bertz CT molecular complexity index is 364. The first-order chi connectivity index (χ1) is 6.52. The molecule has 0 aliphatic carbocycles. The Morgan fingerprint density at radius 3 is 3.00 bits per heavy atom. The summed E-state index contributed by atoms with van der Waals surface area (Å²) in [4.78, 5) is 20.5. The van der Waals surface area contributed by atoms with Crippen molar-refractivity contribution in [3.63, 3.8) is 0 Å². The van der Waals surface area contributed by atoms with E-state index in [9.17, 15) is 14.9 Å². The molecule has 0 saturated heterocycles. The Kier molecular flexibility index (Phi) is 3.07. The number of nitro groups is 1. The second-order valence-electron chi connectivity index (χ2n) is 2.44. The van der Waals surface area contributed by atoms with Gasteiger partial charge in [0.15, 0.2) is 0 Å².